The Balaban J connectivity index is 2.63. The minimum Gasteiger partial charge on any atom is -0.383 e. The van der Waals surface area contributed by atoms with Crippen LogP contribution in [0.25, 0.3) is 0 Å². The monoisotopic (exact) mass is 240 g/mol. The Kier molecular flexibility index (Phi) is 4.65. The summed E-state index contributed by atoms with van der Waals surface area (Å²) >= 11 is 0. The third-order valence-corrected chi connectivity index (χ3v) is 2.78. The van der Waals surface area contributed by atoms with Crippen LogP contribution < -0.4 is 11.1 Å². The van der Waals surface area contributed by atoms with Crippen LogP contribution in [0.4, 0.5) is 0 Å². The van der Waals surface area contributed by atoms with Gasteiger partial charge in [0.05, 0.1) is 18.8 Å². The summed E-state index contributed by atoms with van der Waals surface area (Å²) in [5, 5.41) is 6.97. The summed E-state index contributed by atoms with van der Waals surface area (Å²) in [5.41, 5.74) is 7.66. The molecule has 6 heteroatoms. The third-order valence-electron chi connectivity index (χ3n) is 2.78. The molecule has 0 fully saturated rings. The molecular weight excluding hydrogens is 220 g/mol. The quantitative estimate of drug-likeness (QED) is 0.751. The molecule has 6 nitrogen and oxygen atoms in total. The molecule has 0 radical (unpaired) electrons. The molecule has 3 N–H and O–H groups in total. The molecule has 1 amide bonds. The number of nitrogens with two attached hydrogens (primary N) is 1. The van der Waals surface area contributed by atoms with E-state index in [1.165, 1.54) is 7.11 Å². The van der Waals surface area contributed by atoms with E-state index in [2.05, 4.69) is 10.4 Å². The van der Waals surface area contributed by atoms with Crippen molar-refractivity contribution in [3.63, 3.8) is 0 Å². The Hall–Kier alpha value is -1.40. The topological polar surface area (TPSA) is 82.2 Å². The second-order valence-corrected chi connectivity index (χ2v) is 4.10. The van der Waals surface area contributed by atoms with Gasteiger partial charge in [-0.2, -0.15) is 5.10 Å². The zero-order valence-corrected chi connectivity index (χ0v) is 10.7. The molecular formula is C11H20N4O2. The molecule has 1 aromatic rings. The second-order valence-electron chi connectivity index (χ2n) is 4.10. The molecule has 0 saturated heterocycles. The fourth-order valence-electron chi connectivity index (χ4n) is 1.59. The smallest absolute Gasteiger partial charge is 0.239 e. The molecule has 0 aromatic carbocycles. The van der Waals surface area contributed by atoms with Crippen molar-refractivity contribution in [3.8, 4) is 0 Å². The SMILES string of the molecule is COCC(N)C(=O)NC(C)c1cnn(C)c1C. The van der Waals surface area contributed by atoms with E-state index in [0.29, 0.717) is 0 Å². The number of amides is 1. The van der Waals surface area contributed by atoms with Crippen LogP contribution in [-0.2, 0) is 16.6 Å². The first-order valence-electron chi connectivity index (χ1n) is 5.50. The number of methoxy groups -OCH3 is 1. The highest BCUT2D eigenvalue weighted by Crippen LogP contribution is 2.15. The molecule has 0 aliphatic rings. The van der Waals surface area contributed by atoms with Gasteiger partial charge in [0.2, 0.25) is 5.91 Å². The molecule has 1 rings (SSSR count). The molecule has 2 unspecified atom stereocenters. The molecule has 0 spiro atoms. The van der Waals surface area contributed by atoms with Gasteiger partial charge in [-0.15, -0.1) is 0 Å². The summed E-state index contributed by atoms with van der Waals surface area (Å²) in [6.07, 6.45) is 1.75. The molecule has 0 saturated carbocycles. The van der Waals surface area contributed by atoms with Crippen LogP contribution in [-0.4, -0.2) is 35.4 Å². The summed E-state index contributed by atoms with van der Waals surface area (Å²) in [6.45, 7) is 4.08. The lowest BCUT2D eigenvalue weighted by Gasteiger charge is -2.17. The van der Waals surface area contributed by atoms with Gasteiger partial charge >= 0.3 is 0 Å². The van der Waals surface area contributed by atoms with Gasteiger partial charge in [0.15, 0.2) is 0 Å². The normalized spacial score (nSPS) is 14.4. The Morgan fingerprint density at radius 2 is 2.35 bits per heavy atom. The third kappa shape index (κ3) is 3.28. The highest BCUT2D eigenvalue weighted by molar-refractivity contribution is 5.82. The molecule has 1 aromatic heterocycles. The van der Waals surface area contributed by atoms with Crippen LogP contribution in [0.15, 0.2) is 6.20 Å². The first-order valence-corrected chi connectivity index (χ1v) is 5.50. The van der Waals surface area contributed by atoms with E-state index >= 15 is 0 Å². The van der Waals surface area contributed by atoms with Gasteiger partial charge in [-0.1, -0.05) is 0 Å². The van der Waals surface area contributed by atoms with E-state index < -0.39 is 6.04 Å². The number of hydrogen-bond donors (Lipinski definition) is 2. The minimum atomic E-state index is -0.639. The molecule has 0 aliphatic carbocycles. The number of aromatic nitrogens is 2. The molecule has 2 atom stereocenters. The van der Waals surface area contributed by atoms with Gasteiger partial charge in [-0.25, -0.2) is 0 Å². The standard InChI is InChI=1S/C11H20N4O2/c1-7(9-5-13-15(3)8(9)2)14-11(16)10(12)6-17-4/h5,7,10H,6,12H2,1-4H3,(H,14,16). The van der Waals surface area contributed by atoms with Crippen LogP contribution in [0.2, 0.25) is 0 Å². The van der Waals surface area contributed by atoms with Crippen LogP contribution in [0.5, 0.6) is 0 Å². The van der Waals surface area contributed by atoms with Gasteiger partial charge in [0.25, 0.3) is 0 Å². The number of aryl methyl sites for hydroxylation is 1. The maximum atomic E-state index is 11.7. The predicted octanol–water partition coefficient (Wildman–Crippen LogP) is -0.121. The molecule has 17 heavy (non-hydrogen) atoms. The van der Waals surface area contributed by atoms with Crippen molar-refractivity contribution < 1.29 is 9.53 Å². The highest BCUT2D eigenvalue weighted by atomic mass is 16.5. The average molecular weight is 240 g/mol. The number of ether oxygens (including phenoxy) is 1. The Bertz CT molecular complexity index is 389. The summed E-state index contributed by atoms with van der Waals surface area (Å²) in [7, 11) is 3.38. The van der Waals surface area contributed by atoms with Crippen LogP contribution in [0, 0.1) is 6.92 Å². The summed E-state index contributed by atoms with van der Waals surface area (Å²) in [4.78, 5) is 11.7. The first-order chi connectivity index (χ1) is 7.97. The number of carbonyl (C=O) groups excluding carboxylic acids is 1. The van der Waals surface area contributed by atoms with E-state index in [9.17, 15) is 4.79 Å². The van der Waals surface area contributed by atoms with Crippen LogP contribution in [0.3, 0.4) is 0 Å². The van der Waals surface area contributed by atoms with Crippen LogP contribution in [0.1, 0.15) is 24.2 Å². The van der Waals surface area contributed by atoms with Gasteiger partial charge < -0.3 is 15.8 Å². The van der Waals surface area contributed by atoms with Crippen molar-refractivity contribution in [2.45, 2.75) is 25.9 Å². The lowest BCUT2D eigenvalue weighted by atomic mass is 10.1. The maximum Gasteiger partial charge on any atom is 0.239 e. The predicted molar refractivity (Wildman–Crippen MR) is 64.4 cm³/mol. The van der Waals surface area contributed by atoms with Gasteiger partial charge in [-0.3, -0.25) is 9.48 Å². The summed E-state index contributed by atoms with van der Waals surface area (Å²) < 4.78 is 6.61. The van der Waals surface area contributed by atoms with Crippen molar-refractivity contribution >= 4 is 5.91 Å². The second kappa shape index (κ2) is 5.79. The number of rotatable bonds is 5. The van der Waals surface area contributed by atoms with E-state index in [1.54, 1.807) is 10.9 Å². The lowest BCUT2D eigenvalue weighted by Crippen LogP contribution is -2.44. The minimum absolute atomic E-state index is 0.112. The van der Waals surface area contributed by atoms with E-state index in [0.717, 1.165) is 11.3 Å². The fourth-order valence-corrected chi connectivity index (χ4v) is 1.59. The molecule has 0 aliphatic heterocycles. The van der Waals surface area contributed by atoms with Crippen LogP contribution >= 0.6 is 0 Å². The maximum absolute atomic E-state index is 11.7. The van der Waals surface area contributed by atoms with Gasteiger partial charge in [0, 0.05) is 25.4 Å². The number of nitrogens with zero attached hydrogens (tertiary/aromatic N) is 2. The fraction of sp³-hybridized carbons (Fsp3) is 0.636. The Morgan fingerprint density at radius 3 is 2.82 bits per heavy atom. The Morgan fingerprint density at radius 1 is 1.71 bits per heavy atom. The van der Waals surface area contributed by atoms with Crippen molar-refractivity contribution in [3.05, 3.63) is 17.5 Å². The largest absolute Gasteiger partial charge is 0.383 e. The average Bonchev–Trinajstić information content (AvgIpc) is 2.60. The zero-order chi connectivity index (χ0) is 13.0. The van der Waals surface area contributed by atoms with Crippen molar-refractivity contribution in [2.75, 3.05) is 13.7 Å². The molecule has 0 bridgehead atoms. The van der Waals surface area contributed by atoms with Crippen molar-refractivity contribution in [1.29, 1.82) is 0 Å². The molecule has 1 heterocycles. The van der Waals surface area contributed by atoms with Crippen molar-refractivity contribution in [2.24, 2.45) is 12.8 Å². The van der Waals surface area contributed by atoms with Crippen molar-refractivity contribution in [1.82, 2.24) is 15.1 Å². The Labute approximate surface area is 101 Å². The first kappa shape index (κ1) is 13.7. The van der Waals surface area contributed by atoms with E-state index in [4.69, 9.17) is 10.5 Å². The van der Waals surface area contributed by atoms with Gasteiger partial charge in [-0.05, 0) is 13.8 Å². The lowest BCUT2D eigenvalue weighted by molar-refractivity contribution is -0.124. The number of hydrogen-bond acceptors (Lipinski definition) is 4. The zero-order valence-electron chi connectivity index (χ0n) is 10.7. The number of nitrogens with one attached hydrogen (secondary N) is 1. The van der Waals surface area contributed by atoms with E-state index in [1.807, 2.05) is 20.9 Å². The highest BCUT2D eigenvalue weighted by Gasteiger charge is 2.18. The van der Waals surface area contributed by atoms with E-state index in [-0.39, 0.29) is 18.6 Å². The summed E-state index contributed by atoms with van der Waals surface area (Å²) in [6, 6.07) is -0.751. The van der Waals surface area contributed by atoms with Gasteiger partial charge in [0.1, 0.15) is 6.04 Å². The molecule has 96 valence electrons. The summed E-state index contributed by atoms with van der Waals surface area (Å²) in [5.74, 6) is -0.220. The number of carbonyl (C=O) groups is 1.